The van der Waals surface area contributed by atoms with Crippen LogP contribution in [-0.2, 0) is 61.8 Å². The summed E-state index contributed by atoms with van der Waals surface area (Å²) in [7, 11) is 2.26. The van der Waals surface area contributed by atoms with Crippen LogP contribution in [0.4, 0.5) is 0 Å². The van der Waals surface area contributed by atoms with Gasteiger partial charge >= 0.3 is 17.9 Å². The Hall–Kier alpha value is -2.13. The van der Waals surface area contributed by atoms with Crippen LogP contribution in [0.5, 0.6) is 0 Å². The molecule has 0 heterocycles. The van der Waals surface area contributed by atoms with Crippen molar-refractivity contribution in [1.82, 2.24) is 15.5 Å². The molecule has 128 heavy (non-hydrogen) atoms. The maximum atomic E-state index is 11.5. The van der Waals surface area contributed by atoms with Crippen LogP contribution in [0.2, 0.25) is 0 Å². The molecule has 17 nitrogen and oxygen atoms in total. The number of aliphatic hydroxyl groups excluding tert-OH is 1. The molecule has 18 heteroatoms. The Bertz CT molecular complexity index is 2270. The zero-order chi connectivity index (χ0) is 103. The van der Waals surface area contributed by atoms with E-state index in [1.54, 1.807) is 27.7 Å². The fourth-order valence-electron chi connectivity index (χ4n) is 10.3. The largest absolute Gasteiger partial charge is 0.463 e. The number of hydrogen-bond acceptors (Lipinski definition) is 17. The highest BCUT2D eigenvalue weighted by Gasteiger charge is 2.23. The lowest BCUT2D eigenvalue weighted by Crippen LogP contribution is -2.36. The molecule has 0 spiro atoms. The average molecular weight is 1860 g/mol. The number of carbonyl (C=O) groups is 4. The van der Waals surface area contributed by atoms with E-state index < -0.39 is 12.4 Å². The van der Waals surface area contributed by atoms with Crippen molar-refractivity contribution >= 4 is 35.6 Å². The number of esters is 3. The molecule has 0 saturated carbocycles. The molecule has 780 valence electrons. The number of hydrogen-bond donors (Lipinski definition) is 3. The third-order valence-corrected chi connectivity index (χ3v) is 18.4. The third-order valence-electron chi connectivity index (χ3n) is 17.2. The second kappa shape index (κ2) is 77.9. The van der Waals surface area contributed by atoms with Gasteiger partial charge in [-0.2, -0.15) is 11.8 Å². The summed E-state index contributed by atoms with van der Waals surface area (Å²) in [5.74, 6) is 1.94. The van der Waals surface area contributed by atoms with Gasteiger partial charge in [0, 0.05) is 57.3 Å². The van der Waals surface area contributed by atoms with Gasteiger partial charge in [0.05, 0.1) is 66.8 Å². The van der Waals surface area contributed by atoms with E-state index in [0.717, 1.165) is 32.8 Å². The molecule has 0 aromatic heterocycles. The van der Waals surface area contributed by atoms with Crippen LogP contribution < -0.4 is 10.6 Å². The maximum absolute atomic E-state index is 11.5. The number of nitrogens with zero attached hydrogens (tertiary/aromatic N) is 1. The van der Waals surface area contributed by atoms with Crippen molar-refractivity contribution in [3.05, 3.63) is 0 Å². The summed E-state index contributed by atoms with van der Waals surface area (Å²) in [4.78, 5) is 47.0. The molecule has 0 rings (SSSR count). The summed E-state index contributed by atoms with van der Waals surface area (Å²) >= 11 is 2.13. The smallest absolute Gasteiger partial charge is 0.311 e. The lowest BCUT2D eigenvalue weighted by molar-refractivity contribution is -0.189. The van der Waals surface area contributed by atoms with Gasteiger partial charge in [-0.05, 0) is 328 Å². The van der Waals surface area contributed by atoms with Crippen molar-refractivity contribution in [3.8, 4) is 0 Å². The van der Waals surface area contributed by atoms with E-state index in [0.29, 0.717) is 94.2 Å². The number of rotatable bonds is 43. The minimum atomic E-state index is -0.806. The van der Waals surface area contributed by atoms with Gasteiger partial charge in [-0.25, -0.2) is 0 Å². The predicted molar refractivity (Wildman–Crippen MR) is 563 cm³/mol. The van der Waals surface area contributed by atoms with Gasteiger partial charge in [0.25, 0.3) is 0 Å². The zero-order valence-corrected chi connectivity index (χ0v) is 97.4. The quantitative estimate of drug-likeness (QED) is 0.0296. The van der Waals surface area contributed by atoms with E-state index in [1.165, 1.54) is 134 Å². The number of amides is 1. The first-order valence-corrected chi connectivity index (χ1v) is 51.5. The van der Waals surface area contributed by atoms with Gasteiger partial charge in [-0.15, -0.1) is 0 Å². The highest BCUT2D eigenvalue weighted by Crippen LogP contribution is 2.28. The SMILES string of the molecule is CC(C)(C)CCCNC(C)(C)C.CC(C)(C)CCCOC(C)(C)C.CC(C)(C)CCCOCCCC(C)(C)C.CC(C)(C)CCCSCCCC(C)(C)C.CC(C)(C)OCCCNC(=O)C(C)(C)C.CC(C)CC(=O)OC(C)C.CC(C)OC(C)C.CC(C)OCC(O)COC(C)C.CC(OC(=O)C(C)C)OC(=O)C(C)C.CN(CCCC(C)(C)C)CCCC(C)(C)C. The number of carbonyl (C=O) groups excluding carboxylic acids is 4. The van der Waals surface area contributed by atoms with Crippen LogP contribution in [0.15, 0.2) is 0 Å². The van der Waals surface area contributed by atoms with Crippen molar-refractivity contribution in [2.75, 3.05) is 84.4 Å². The van der Waals surface area contributed by atoms with E-state index in [4.69, 9.17) is 42.6 Å². The van der Waals surface area contributed by atoms with Crippen molar-refractivity contribution in [1.29, 1.82) is 0 Å². The summed E-state index contributed by atoms with van der Waals surface area (Å²) in [5, 5.41) is 15.7. The van der Waals surface area contributed by atoms with E-state index in [1.807, 2.05) is 125 Å². The average Bonchev–Trinajstić information content (AvgIpc) is 0.919. The van der Waals surface area contributed by atoms with Crippen molar-refractivity contribution < 1.29 is 66.9 Å². The van der Waals surface area contributed by atoms with Crippen molar-refractivity contribution in [2.45, 2.75) is 542 Å². The molecule has 0 bridgehead atoms. The minimum absolute atomic E-state index is 0.0197. The number of aliphatic hydroxyl groups is 1. The van der Waals surface area contributed by atoms with Crippen molar-refractivity contribution in [3.63, 3.8) is 0 Å². The molecule has 0 aliphatic rings. The molecule has 0 aromatic rings. The van der Waals surface area contributed by atoms with Gasteiger partial charge in [0.15, 0.2) is 0 Å². The zero-order valence-electron chi connectivity index (χ0n) is 96.6. The summed E-state index contributed by atoms with van der Waals surface area (Å²) in [6, 6.07) is 0. The van der Waals surface area contributed by atoms with E-state index in [9.17, 15) is 24.3 Å². The first-order chi connectivity index (χ1) is 57.1. The molecule has 0 saturated heterocycles. The topological polar surface area (TPSA) is 199 Å². The fourth-order valence-corrected chi connectivity index (χ4v) is 11.2. The van der Waals surface area contributed by atoms with Gasteiger partial charge < -0.3 is 63.3 Å². The summed E-state index contributed by atoms with van der Waals surface area (Å²) < 4.78 is 47.1. The second-order valence-electron chi connectivity index (χ2n) is 51.3. The molecular weight excluding hydrogens is 1620 g/mol. The molecule has 0 aromatic carbocycles. The Labute approximate surface area is 806 Å². The molecular formula is C110H235N3O14S. The minimum Gasteiger partial charge on any atom is -0.463 e. The standard InChI is InChI=1S/C15H33N.C14H30O.C14H30S.C12H25NO2.C11H25N.C11H24O.C10H18O4.C9H20O3.C8H16O2.C6H14O/c1-14(2,3)10-8-12-16(7)13-9-11-15(4,5)6;2*1-13(2,3)9-7-11-15-12-8-10-14(4,5)6;1-11(2,3)10(14)13-8-7-9-15-12(4,5)6;2*1-10(2,3)8-7-9-12-11(4,5)6;1-6(2)9(11)13-8(5)14-10(12)7(3)4;1-7(2)11-5-9(10)6-12-8(3)4;1-6(2)5-8(9)10-7(3)4;1-5(2)7-6(3)4/h8-13H2,1-7H3;2*7-12H2,1-6H3;7-9H2,1-6H3,(H,13,14);12H,7-9H2,1-6H3;7-9H2,1-6H3;6-8H,1-5H3;7-10H,5-6H2,1-4H3;6-7H,5H2,1-4H3;5-6H,1-4H3. The Morgan fingerprint density at radius 3 is 0.906 bits per heavy atom. The van der Waals surface area contributed by atoms with Gasteiger partial charge in [-0.3, -0.25) is 19.2 Å². The van der Waals surface area contributed by atoms with Gasteiger partial charge in [0.2, 0.25) is 12.2 Å². The van der Waals surface area contributed by atoms with Crippen LogP contribution in [-0.4, -0.2) is 178 Å². The van der Waals surface area contributed by atoms with Crippen LogP contribution >= 0.6 is 11.8 Å². The predicted octanol–water partition coefficient (Wildman–Crippen LogP) is 30.5. The molecule has 0 atom stereocenters. The number of nitrogens with one attached hydrogen (secondary N) is 2. The molecule has 0 fully saturated rings. The molecule has 0 aliphatic heterocycles. The number of ether oxygens (including phenoxy) is 9. The summed E-state index contributed by atoms with van der Waals surface area (Å²) in [6.45, 7) is 121. The molecule has 3 N–H and O–H groups in total. The van der Waals surface area contributed by atoms with Gasteiger partial charge in [0.1, 0.15) is 6.10 Å². The Kier molecular flexibility index (Phi) is 88.9. The van der Waals surface area contributed by atoms with E-state index in [-0.39, 0.29) is 76.1 Å². The maximum Gasteiger partial charge on any atom is 0.311 e. The molecule has 0 radical (unpaired) electrons. The van der Waals surface area contributed by atoms with Crippen LogP contribution in [0, 0.1) is 66.5 Å². The lowest BCUT2D eigenvalue weighted by Gasteiger charge is -2.23. The van der Waals surface area contributed by atoms with Crippen molar-refractivity contribution in [2.24, 2.45) is 66.5 Å². The third kappa shape index (κ3) is 164. The first kappa shape index (κ1) is 146. The molecule has 0 aliphatic carbocycles. The monoisotopic (exact) mass is 1850 g/mol. The Morgan fingerprint density at radius 2 is 0.648 bits per heavy atom. The second-order valence-corrected chi connectivity index (χ2v) is 52.6. The molecule has 0 unspecified atom stereocenters. The van der Waals surface area contributed by atoms with Crippen LogP contribution in [0.25, 0.3) is 0 Å². The normalized spacial score (nSPS) is 12.5. The number of thioether (sulfide) groups is 1. The van der Waals surface area contributed by atoms with Crippen LogP contribution in [0.3, 0.4) is 0 Å². The summed E-state index contributed by atoms with van der Waals surface area (Å²) in [5.41, 5.74) is 3.77. The lowest BCUT2D eigenvalue weighted by atomic mass is 9.90. The first-order valence-electron chi connectivity index (χ1n) is 50.4. The van der Waals surface area contributed by atoms with E-state index in [2.05, 4.69) is 242 Å². The fraction of sp³-hybridized carbons (Fsp3) is 0.964. The van der Waals surface area contributed by atoms with E-state index >= 15 is 0 Å². The van der Waals surface area contributed by atoms with Crippen LogP contribution in [0.1, 0.15) is 483 Å². The van der Waals surface area contributed by atoms with Gasteiger partial charge in [-0.1, -0.05) is 228 Å². The Balaban J connectivity index is -0.000000152. The summed E-state index contributed by atoms with van der Waals surface area (Å²) in [6.07, 6.45) is 21.9. The highest BCUT2D eigenvalue weighted by atomic mass is 32.2. The Morgan fingerprint density at radius 1 is 0.352 bits per heavy atom. The molecule has 1 amide bonds. The highest BCUT2D eigenvalue weighted by molar-refractivity contribution is 7.99.